The van der Waals surface area contributed by atoms with Crippen LogP contribution in [0.3, 0.4) is 0 Å². The standard InChI is InChI=1S/C23H26N4O2.C3H8.C3H6/c28-21(27-29)11-10-16-6-8-17(9-7-16)15-24-14-12-18-3-1-4-19-20-5-2-13-25-23(20)26-22(18)19;2*1-3-2/h1,3-4,6-11,24-26,29H,2,5,12-15H2,(H,27,28);3H2,1-2H3;3H,1H2,2H3/b11-10+;;. The van der Waals surface area contributed by atoms with E-state index in [1.54, 1.807) is 17.6 Å². The molecule has 188 valence electrons. The highest BCUT2D eigenvalue weighted by atomic mass is 16.5. The van der Waals surface area contributed by atoms with Crippen molar-refractivity contribution in [2.24, 2.45) is 0 Å². The van der Waals surface area contributed by atoms with Crippen LogP contribution in [0.1, 0.15) is 55.9 Å². The number of anilines is 1. The van der Waals surface area contributed by atoms with Gasteiger partial charge in [-0.25, -0.2) is 5.48 Å². The third-order valence-electron chi connectivity index (χ3n) is 5.35. The van der Waals surface area contributed by atoms with Gasteiger partial charge >= 0.3 is 0 Å². The molecule has 1 aliphatic heterocycles. The Balaban J connectivity index is 0.000000655. The number of nitrogens with one attached hydrogen (secondary N) is 4. The minimum atomic E-state index is -0.538. The average molecular weight is 477 g/mol. The molecule has 2 heterocycles. The molecule has 0 saturated carbocycles. The average Bonchev–Trinajstić information content (AvgIpc) is 3.26. The summed E-state index contributed by atoms with van der Waals surface area (Å²) >= 11 is 0. The van der Waals surface area contributed by atoms with Gasteiger partial charge in [-0.2, -0.15) is 0 Å². The second kappa shape index (κ2) is 15.5. The molecule has 6 heteroatoms. The number of para-hydroxylation sites is 1. The van der Waals surface area contributed by atoms with Crippen LogP contribution in [0, 0.1) is 0 Å². The molecule has 0 saturated heterocycles. The topological polar surface area (TPSA) is 89.2 Å². The third-order valence-corrected chi connectivity index (χ3v) is 5.35. The molecule has 0 unspecified atom stereocenters. The van der Waals surface area contributed by atoms with E-state index in [4.69, 9.17) is 5.21 Å². The van der Waals surface area contributed by atoms with Gasteiger partial charge in [-0.05, 0) is 55.5 Å². The summed E-state index contributed by atoms with van der Waals surface area (Å²) in [4.78, 5) is 14.6. The van der Waals surface area contributed by atoms with Crippen molar-refractivity contribution in [2.75, 3.05) is 18.4 Å². The predicted molar refractivity (Wildman–Crippen MR) is 148 cm³/mol. The number of H-pyrrole nitrogens is 1. The Morgan fingerprint density at radius 2 is 1.89 bits per heavy atom. The van der Waals surface area contributed by atoms with Crippen molar-refractivity contribution in [3.63, 3.8) is 0 Å². The molecule has 2 aromatic carbocycles. The highest BCUT2D eigenvalue weighted by Crippen LogP contribution is 2.31. The van der Waals surface area contributed by atoms with Crippen LogP contribution in [0.5, 0.6) is 0 Å². The molecule has 5 N–H and O–H groups in total. The van der Waals surface area contributed by atoms with Crippen molar-refractivity contribution in [2.45, 2.75) is 53.0 Å². The molecule has 35 heavy (non-hydrogen) atoms. The lowest BCUT2D eigenvalue weighted by molar-refractivity contribution is -0.124. The summed E-state index contributed by atoms with van der Waals surface area (Å²) in [5.74, 6) is 0.654. The Bertz CT molecular complexity index is 1080. The molecular weight excluding hydrogens is 436 g/mol. The molecule has 1 aliphatic rings. The van der Waals surface area contributed by atoms with E-state index in [0.717, 1.165) is 38.0 Å². The van der Waals surface area contributed by atoms with Gasteiger partial charge in [0, 0.05) is 30.1 Å². The number of amides is 1. The number of allylic oxidation sites excluding steroid dienone is 1. The van der Waals surface area contributed by atoms with E-state index < -0.39 is 5.91 Å². The van der Waals surface area contributed by atoms with Crippen molar-refractivity contribution in [3.8, 4) is 0 Å². The smallest absolute Gasteiger partial charge is 0.267 e. The minimum Gasteiger partial charge on any atom is -0.371 e. The highest BCUT2D eigenvalue weighted by molar-refractivity contribution is 5.91. The fourth-order valence-electron chi connectivity index (χ4n) is 3.84. The van der Waals surface area contributed by atoms with Crippen molar-refractivity contribution in [1.82, 2.24) is 15.8 Å². The van der Waals surface area contributed by atoms with Crippen LogP contribution in [0.2, 0.25) is 0 Å². The number of carbonyl (C=O) groups excluding carboxylic acids is 1. The van der Waals surface area contributed by atoms with Crippen LogP contribution >= 0.6 is 0 Å². The Morgan fingerprint density at radius 1 is 1.17 bits per heavy atom. The lowest BCUT2D eigenvalue weighted by Crippen LogP contribution is -2.16. The molecule has 1 aromatic heterocycles. The van der Waals surface area contributed by atoms with E-state index >= 15 is 0 Å². The van der Waals surface area contributed by atoms with Crippen molar-refractivity contribution in [3.05, 3.63) is 83.4 Å². The summed E-state index contributed by atoms with van der Waals surface area (Å²) in [6, 6.07) is 14.6. The van der Waals surface area contributed by atoms with E-state index in [0.29, 0.717) is 0 Å². The second-order valence-electron chi connectivity index (χ2n) is 8.44. The van der Waals surface area contributed by atoms with Gasteiger partial charge in [0.05, 0.1) is 5.52 Å². The number of hydrogen-bond donors (Lipinski definition) is 5. The Morgan fingerprint density at radius 3 is 2.57 bits per heavy atom. The van der Waals surface area contributed by atoms with Crippen molar-refractivity contribution in [1.29, 1.82) is 0 Å². The van der Waals surface area contributed by atoms with Gasteiger partial charge in [0.1, 0.15) is 5.82 Å². The molecule has 0 radical (unpaired) electrons. The first-order valence-electron chi connectivity index (χ1n) is 12.4. The number of benzene rings is 2. The second-order valence-corrected chi connectivity index (χ2v) is 8.44. The molecule has 0 fully saturated rings. The third kappa shape index (κ3) is 8.74. The fraction of sp³-hybridized carbons (Fsp3) is 0.345. The van der Waals surface area contributed by atoms with Crippen LogP contribution in [-0.4, -0.2) is 29.2 Å². The molecule has 3 aromatic rings. The largest absolute Gasteiger partial charge is 0.371 e. The van der Waals surface area contributed by atoms with Crippen LogP contribution < -0.4 is 16.1 Å². The number of hydrogen-bond acceptors (Lipinski definition) is 4. The number of aryl methyl sites for hydroxylation is 1. The summed E-state index contributed by atoms with van der Waals surface area (Å²) in [5.41, 5.74) is 7.70. The van der Waals surface area contributed by atoms with E-state index in [1.165, 1.54) is 52.3 Å². The normalized spacial score (nSPS) is 12.0. The Labute approximate surface area is 209 Å². The maximum Gasteiger partial charge on any atom is 0.267 e. The first-order valence-corrected chi connectivity index (χ1v) is 12.4. The van der Waals surface area contributed by atoms with Crippen LogP contribution in [0.4, 0.5) is 5.82 Å². The van der Waals surface area contributed by atoms with Crippen molar-refractivity contribution < 1.29 is 10.0 Å². The van der Waals surface area contributed by atoms with Gasteiger partial charge < -0.3 is 15.6 Å². The zero-order valence-electron chi connectivity index (χ0n) is 21.3. The van der Waals surface area contributed by atoms with Crippen molar-refractivity contribution >= 4 is 28.7 Å². The molecule has 6 nitrogen and oxygen atoms in total. The first kappa shape index (κ1) is 27.9. The van der Waals surface area contributed by atoms with Gasteiger partial charge in [-0.15, -0.1) is 6.58 Å². The number of rotatable bonds is 7. The highest BCUT2D eigenvalue weighted by Gasteiger charge is 2.16. The maximum absolute atomic E-state index is 11.0. The molecule has 0 spiro atoms. The van der Waals surface area contributed by atoms with Crippen LogP contribution in [-0.2, 0) is 24.2 Å². The zero-order chi connectivity index (χ0) is 25.5. The monoisotopic (exact) mass is 476 g/mol. The number of carbonyl (C=O) groups is 1. The van der Waals surface area contributed by atoms with E-state index in [9.17, 15) is 4.79 Å². The van der Waals surface area contributed by atoms with E-state index in [2.05, 4.69) is 54.2 Å². The van der Waals surface area contributed by atoms with Gasteiger partial charge in [0.15, 0.2) is 0 Å². The molecule has 0 aliphatic carbocycles. The van der Waals surface area contributed by atoms with Gasteiger partial charge in [0.25, 0.3) is 5.91 Å². The predicted octanol–water partition coefficient (Wildman–Crippen LogP) is 5.99. The van der Waals surface area contributed by atoms with E-state index in [-0.39, 0.29) is 0 Å². The summed E-state index contributed by atoms with van der Waals surface area (Å²) in [5, 5.41) is 16.8. The summed E-state index contributed by atoms with van der Waals surface area (Å²) in [6.07, 6.45) is 9.25. The Hall–Kier alpha value is -3.35. The minimum absolute atomic E-state index is 0.538. The van der Waals surface area contributed by atoms with Gasteiger partial charge in [-0.1, -0.05) is 68.8 Å². The molecule has 1 amide bonds. The number of hydroxylamine groups is 1. The molecule has 0 atom stereocenters. The van der Waals surface area contributed by atoms with Crippen LogP contribution in [0.25, 0.3) is 17.0 Å². The van der Waals surface area contributed by atoms with Gasteiger partial charge in [-0.3, -0.25) is 10.0 Å². The number of aromatic nitrogens is 1. The Kier molecular flexibility index (Phi) is 12.4. The molecular formula is C29H40N4O2. The first-order chi connectivity index (χ1) is 17.1. The summed E-state index contributed by atoms with van der Waals surface area (Å²) in [6.45, 7) is 12.2. The summed E-state index contributed by atoms with van der Waals surface area (Å²) in [7, 11) is 0. The maximum atomic E-state index is 11.0. The fourth-order valence-corrected chi connectivity index (χ4v) is 3.84. The quantitative estimate of drug-likeness (QED) is 0.0953. The molecule has 4 rings (SSSR count). The van der Waals surface area contributed by atoms with Gasteiger partial charge in [0.2, 0.25) is 0 Å². The lowest BCUT2D eigenvalue weighted by Gasteiger charge is -2.12. The van der Waals surface area contributed by atoms with Crippen LogP contribution in [0.15, 0.2) is 61.2 Å². The SMILES string of the molecule is C=CC.CCC.O=C(/C=C/c1ccc(CNCCc2cccc3c4c([nH]c23)NCCC4)cc1)NO. The zero-order valence-corrected chi connectivity index (χ0v) is 21.3. The number of aromatic amines is 1. The number of fused-ring (bicyclic) bond motifs is 3. The van der Waals surface area contributed by atoms with E-state index in [1.807, 2.05) is 31.2 Å². The summed E-state index contributed by atoms with van der Waals surface area (Å²) < 4.78 is 0. The molecule has 0 bridgehead atoms. The lowest BCUT2D eigenvalue weighted by atomic mass is 10.0.